The summed E-state index contributed by atoms with van der Waals surface area (Å²) in [5.41, 5.74) is 1.34. The molecule has 2 bridgehead atoms. The topological polar surface area (TPSA) is 87.2 Å². The molecule has 3 aliphatic heterocycles. The van der Waals surface area contributed by atoms with Crippen molar-refractivity contribution in [2.24, 2.45) is 11.8 Å². The van der Waals surface area contributed by atoms with Gasteiger partial charge in [0.1, 0.15) is 12.6 Å². The summed E-state index contributed by atoms with van der Waals surface area (Å²) >= 11 is 7.67. The Morgan fingerprint density at radius 3 is 2.54 bits per heavy atom. The predicted octanol–water partition coefficient (Wildman–Crippen LogP) is 4.41. The molecular formula is C30H31ClN2O5S. The summed E-state index contributed by atoms with van der Waals surface area (Å²) in [6.07, 6.45) is 4.43. The van der Waals surface area contributed by atoms with Crippen LogP contribution in [0.1, 0.15) is 24.4 Å². The van der Waals surface area contributed by atoms with Gasteiger partial charge in [0.25, 0.3) is 5.91 Å². The van der Waals surface area contributed by atoms with Gasteiger partial charge in [-0.25, -0.2) is 0 Å². The van der Waals surface area contributed by atoms with E-state index in [-0.39, 0.29) is 36.8 Å². The van der Waals surface area contributed by atoms with Crippen LogP contribution in [0, 0.1) is 11.8 Å². The molecule has 39 heavy (non-hydrogen) atoms. The van der Waals surface area contributed by atoms with Gasteiger partial charge in [0.05, 0.1) is 29.2 Å². The molecule has 3 fully saturated rings. The molecule has 3 aliphatic rings. The summed E-state index contributed by atoms with van der Waals surface area (Å²) in [7, 11) is 0. The lowest BCUT2D eigenvalue weighted by atomic mass is 9.71. The Balaban J connectivity index is 1.63. The third-order valence-corrected chi connectivity index (χ3v) is 10.2. The van der Waals surface area contributed by atoms with Gasteiger partial charge in [-0.2, -0.15) is 0 Å². The maximum atomic E-state index is 14.6. The number of ether oxygens (including phenoxy) is 1. The van der Waals surface area contributed by atoms with Gasteiger partial charge in [0, 0.05) is 22.5 Å². The average Bonchev–Trinajstić information content (AvgIpc) is 3.59. The molecular weight excluding hydrogens is 536 g/mol. The molecule has 6 atom stereocenters. The van der Waals surface area contributed by atoms with Crippen LogP contribution >= 0.6 is 23.4 Å². The standard InChI is InChI=1S/C30H31ClN2O5S/c1-3-16-32(21-12-10-20(31)11-13-21)28(36)26-30-15-14-23(39-30)24(29(37)38-17-4-2)25(30)27(35)33(26)22(18-34)19-8-6-5-7-9-19/h3-13,22-26,34H,1-2,14-18H2/t22-,23+,24-,25+,26?,30?/m1/s1. The van der Waals surface area contributed by atoms with Crippen LogP contribution in [0.3, 0.4) is 0 Å². The van der Waals surface area contributed by atoms with E-state index in [9.17, 15) is 19.5 Å². The second kappa shape index (κ2) is 11.2. The smallest absolute Gasteiger partial charge is 0.311 e. The summed E-state index contributed by atoms with van der Waals surface area (Å²) in [6, 6.07) is 14.5. The number of aliphatic hydroxyl groups excluding tert-OH is 1. The van der Waals surface area contributed by atoms with Gasteiger partial charge in [-0.3, -0.25) is 14.4 Å². The second-order valence-corrected chi connectivity index (χ2v) is 12.1. The van der Waals surface area contributed by atoms with Gasteiger partial charge < -0.3 is 19.6 Å². The number of thioether (sulfide) groups is 1. The zero-order valence-electron chi connectivity index (χ0n) is 21.4. The molecule has 2 amide bonds. The first-order valence-electron chi connectivity index (χ1n) is 13.0. The Morgan fingerprint density at radius 1 is 1.18 bits per heavy atom. The van der Waals surface area contributed by atoms with E-state index in [1.165, 1.54) is 11.0 Å². The van der Waals surface area contributed by atoms with Crippen molar-refractivity contribution < 1.29 is 24.2 Å². The number of anilines is 1. The number of hydrogen-bond acceptors (Lipinski definition) is 6. The number of carbonyl (C=O) groups excluding carboxylic acids is 3. The summed E-state index contributed by atoms with van der Waals surface area (Å²) < 4.78 is 4.61. The molecule has 5 rings (SSSR count). The monoisotopic (exact) mass is 566 g/mol. The molecule has 2 unspecified atom stereocenters. The number of hydrogen-bond donors (Lipinski definition) is 1. The lowest BCUT2D eigenvalue weighted by Gasteiger charge is -2.39. The summed E-state index contributed by atoms with van der Waals surface area (Å²) in [5.74, 6) is -2.44. The fourth-order valence-electron chi connectivity index (χ4n) is 6.46. The molecule has 3 heterocycles. The molecule has 2 aromatic carbocycles. The number of carbonyl (C=O) groups is 3. The zero-order valence-corrected chi connectivity index (χ0v) is 23.0. The van der Waals surface area contributed by atoms with Crippen LogP contribution < -0.4 is 4.90 Å². The van der Waals surface area contributed by atoms with Crippen molar-refractivity contribution >= 4 is 46.8 Å². The van der Waals surface area contributed by atoms with Crippen molar-refractivity contribution in [3.8, 4) is 0 Å². The van der Waals surface area contributed by atoms with Crippen molar-refractivity contribution in [1.82, 2.24) is 4.90 Å². The molecule has 1 spiro atoms. The molecule has 7 nitrogen and oxygen atoms in total. The summed E-state index contributed by atoms with van der Waals surface area (Å²) in [6.45, 7) is 7.37. The minimum Gasteiger partial charge on any atom is -0.461 e. The second-order valence-electron chi connectivity index (χ2n) is 10.0. The van der Waals surface area contributed by atoms with Crippen LogP contribution in [-0.2, 0) is 19.1 Å². The van der Waals surface area contributed by atoms with Crippen LogP contribution in [0.4, 0.5) is 5.69 Å². The third kappa shape index (κ3) is 4.58. The molecule has 2 aromatic rings. The Hall–Kier alpha value is -3.07. The number of benzene rings is 2. The van der Waals surface area contributed by atoms with E-state index >= 15 is 0 Å². The Bertz CT molecular complexity index is 1270. The van der Waals surface area contributed by atoms with Crippen molar-refractivity contribution in [3.05, 3.63) is 90.5 Å². The predicted molar refractivity (Wildman–Crippen MR) is 152 cm³/mol. The van der Waals surface area contributed by atoms with Gasteiger partial charge in [0.15, 0.2) is 0 Å². The molecule has 0 aromatic heterocycles. The normalized spacial score (nSPS) is 27.6. The maximum absolute atomic E-state index is 14.6. The van der Waals surface area contributed by atoms with E-state index in [1.54, 1.807) is 47.0 Å². The first-order valence-corrected chi connectivity index (χ1v) is 14.2. The van der Waals surface area contributed by atoms with Crippen molar-refractivity contribution in [2.75, 3.05) is 24.7 Å². The Kier molecular flexibility index (Phi) is 7.89. The average molecular weight is 567 g/mol. The van der Waals surface area contributed by atoms with Gasteiger partial charge in [-0.1, -0.05) is 60.7 Å². The van der Waals surface area contributed by atoms with E-state index in [4.69, 9.17) is 16.3 Å². The molecule has 0 radical (unpaired) electrons. The molecule has 9 heteroatoms. The number of halogens is 1. The molecule has 1 N–H and O–H groups in total. The minimum atomic E-state index is -0.907. The van der Waals surface area contributed by atoms with Gasteiger partial charge in [-0.15, -0.1) is 18.3 Å². The quantitative estimate of drug-likeness (QED) is 0.338. The summed E-state index contributed by atoms with van der Waals surface area (Å²) in [4.78, 5) is 45.4. The van der Waals surface area contributed by atoms with Crippen LogP contribution in [0.5, 0.6) is 0 Å². The molecule has 3 saturated heterocycles. The van der Waals surface area contributed by atoms with Gasteiger partial charge >= 0.3 is 5.97 Å². The first kappa shape index (κ1) is 27.5. The lowest BCUT2D eigenvalue weighted by molar-refractivity contribution is -0.153. The highest BCUT2D eigenvalue weighted by Gasteiger charge is 2.75. The van der Waals surface area contributed by atoms with E-state index in [2.05, 4.69) is 13.2 Å². The number of amides is 2. The number of nitrogens with zero attached hydrogens (tertiary/aromatic N) is 2. The molecule has 0 saturated carbocycles. The Labute approximate surface area is 237 Å². The van der Waals surface area contributed by atoms with Gasteiger partial charge in [-0.05, 0) is 42.7 Å². The van der Waals surface area contributed by atoms with Gasteiger partial charge in [0.2, 0.25) is 5.91 Å². The van der Waals surface area contributed by atoms with Crippen LogP contribution in [0.2, 0.25) is 5.02 Å². The van der Waals surface area contributed by atoms with Crippen molar-refractivity contribution in [2.45, 2.75) is 34.9 Å². The van der Waals surface area contributed by atoms with Crippen molar-refractivity contribution in [1.29, 1.82) is 0 Å². The van der Waals surface area contributed by atoms with Crippen LogP contribution in [-0.4, -0.2) is 63.6 Å². The third-order valence-electron chi connectivity index (χ3n) is 8.00. The van der Waals surface area contributed by atoms with E-state index in [1.807, 2.05) is 30.3 Å². The van der Waals surface area contributed by atoms with E-state index < -0.39 is 34.6 Å². The molecule has 0 aliphatic carbocycles. The lowest BCUT2D eigenvalue weighted by Crippen LogP contribution is -2.56. The van der Waals surface area contributed by atoms with Crippen LogP contribution in [0.25, 0.3) is 0 Å². The number of rotatable bonds is 10. The Morgan fingerprint density at radius 2 is 1.90 bits per heavy atom. The number of esters is 1. The van der Waals surface area contributed by atoms with Crippen LogP contribution in [0.15, 0.2) is 79.9 Å². The number of aliphatic hydroxyl groups is 1. The number of fused-ring (bicyclic) bond motifs is 1. The SMILES string of the molecule is C=CCOC(=O)[C@@H]1[C@@H]2CCC3(S2)C(C(=O)N(CC=C)c2ccc(Cl)cc2)N([C@H](CO)c2ccccc2)C(=O)[C@H]13. The number of likely N-dealkylation sites (tertiary alicyclic amines) is 1. The minimum absolute atomic E-state index is 0.0552. The molecule has 204 valence electrons. The largest absolute Gasteiger partial charge is 0.461 e. The fraction of sp³-hybridized carbons (Fsp3) is 0.367. The van der Waals surface area contributed by atoms with E-state index in [0.29, 0.717) is 23.6 Å². The zero-order chi connectivity index (χ0) is 27.7. The fourth-order valence-corrected chi connectivity index (χ4v) is 8.77. The highest BCUT2D eigenvalue weighted by molar-refractivity contribution is 8.02. The first-order chi connectivity index (χ1) is 18.9. The van der Waals surface area contributed by atoms with Crippen molar-refractivity contribution in [3.63, 3.8) is 0 Å². The highest BCUT2D eigenvalue weighted by Crippen LogP contribution is 2.67. The summed E-state index contributed by atoms with van der Waals surface area (Å²) in [5, 5.41) is 11.0. The highest BCUT2D eigenvalue weighted by atomic mass is 35.5. The maximum Gasteiger partial charge on any atom is 0.311 e. The van der Waals surface area contributed by atoms with E-state index in [0.717, 1.165) is 5.56 Å².